The summed E-state index contributed by atoms with van der Waals surface area (Å²) in [5.74, 6) is 1.92. The minimum absolute atomic E-state index is 0.0239. The fraction of sp³-hybridized carbons (Fsp3) is 0.450. The third-order valence-electron chi connectivity index (χ3n) is 4.49. The summed E-state index contributed by atoms with van der Waals surface area (Å²) in [4.78, 5) is 14.5. The Labute approximate surface area is 154 Å². The maximum Gasteiger partial charge on any atom is 0.321 e. The highest BCUT2D eigenvalue weighted by Crippen LogP contribution is 2.34. The van der Waals surface area contributed by atoms with E-state index in [4.69, 9.17) is 4.42 Å². The van der Waals surface area contributed by atoms with E-state index in [2.05, 4.69) is 38.2 Å². The van der Waals surface area contributed by atoms with Crippen LogP contribution in [-0.4, -0.2) is 29.8 Å². The van der Waals surface area contributed by atoms with Crippen molar-refractivity contribution in [1.29, 1.82) is 0 Å². The Morgan fingerprint density at radius 3 is 2.60 bits per heavy atom. The third kappa shape index (κ3) is 4.60. The van der Waals surface area contributed by atoms with E-state index in [0.717, 1.165) is 36.7 Å². The van der Waals surface area contributed by atoms with E-state index in [1.165, 1.54) is 5.56 Å². The van der Waals surface area contributed by atoms with Crippen LogP contribution >= 0.6 is 11.8 Å². The minimum Gasteiger partial charge on any atom is -0.468 e. The second kappa shape index (κ2) is 7.56. The average molecular weight is 359 g/mol. The topological polar surface area (TPSA) is 45.5 Å². The molecule has 25 heavy (non-hydrogen) atoms. The standard InChI is InChI=1S/C20H26N2O2S/c1-20(2,3)15-6-8-16(9-7-15)21-19(23)22-11-10-18(25-14-12-22)17-5-4-13-24-17/h4-9,13,18H,10-12,14H2,1-3H3,(H,21,23). The summed E-state index contributed by atoms with van der Waals surface area (Å²) in [6.07, 6.45) is 2.63. The van der Waals surface area contributed by atoms with Crippen LogP contribution in [0.3, 0.4) is 0 Å². The lowest BCUT2D eigenvalue weighted by Crippen LogP contribution is -2.36. The molecule has 1 aromatic carbocycles. The average Bonchev–Trinajstić information content (AvgIpc) is 2.99. The van der Waals surface area contributed by atoms with Gasteiger partial charge in [0.05, 0.1) is 11.5 Å². The Bertz CT molecular complexity index is 689. The molecule has 0 aliphatic carbocycles. The van der Waals surface area contributed by atoms with Gasteiger partial charge in [-0.1, -0.05) is 32.9 Å². The van der Waals surface area contributed by atoms with Crippen LogP contribution in [0.15, 0.2) is 47.1 Å². The Morgan fingerprint density at radius 2 is 1.96 bits per heavy atom. The Hall–Kier alpha value is -1.88. The number of nitrogens with one attached hydrogen (secondary N) is 1. The fourth-order valence-corrected chi connectivity index (χ4v) is 4.11. The largest absolute Gasteiger partial charge is 0.468 e. The van der Waals surface area contributed by atoms with Crippen LogP contribution in [0.1, 0.15) is 43.8 Å². The van der Waals surface area contributed by atoms with Crippen LogP contribution in [0.4, 0.5) is 10.5 Å². The number of hydrogen-bond acceptors (Lipinski definition) is 3. The van der Waals surface area contributed by atoms with Crippen molar-refractivity contribution in [1.82, 2.24) is 4.90 Å². The smallest absolute Gasteiger partial charge is 0.321 e. The summed E-state index contributed by atoms with van der Waals surface area (Å²) >= 11 is 1.86. The highest BCUT2D eigenvalue weighted by Gasteiger charge is 2.23. The number of hydrogen-bond donors (Lipinski definition) is 1. The van der Waals surface area contributed by atoms with Gasteiger partial charge >= 0.3 is 6.03 Å². The van der Waals surface area contributed by atoms with Gasteiger partial charge < -0.3 is 14.6 Å². The van der Waals surface area contributed by atoms with Crippen molar-refractivity contribution in [3.8, 4) is 0 Å². The second-order valence-corrected chi connectivity index (χ2v) is 8.72. The number of thioether (sulfide) groups is 1. The lowest BCUT2D eigenvalue weighted by Gasteiger charge is -2.22. The monoisotopic (exact) mass is 358 g/mol. The summed E-state index contributed by atoms with van der Waals surface area (Å²) in [7, 11) is 0. The highest BCUT2D eigenvalue weighted by molar-refractivity contribution is 7.99. The number of rotatable bonds is 2. The van der Waals surface area contributed by atoms with Crippen molar-refractivity contribution in [3.05, 3.63) is 54.0 Å². The first-order valence-electron chi connectivity index (χ1n) is 8.75. The van der Waals surface area contributed by atoms with Gasteiger partial charge in [-0.05, 0) is 41.7 Å². The molecular formula is C20H26N2O2S. The molecule has 1 aromatic heterocycles. The number of carbonyl (C=O) groups excluding carboxylic acids is 1. The molecule has 1 fully saturated rings. The first-order valence-corrected chi connectivity index (χ1v) is 9.80. The van der Waals surface area contributed by atoms with E-state index in [-0.39, 0.29) is 11.4 Å². The maximum atomic E-state index is 12.6. The zero-order chi connectivity index (χ0) is 17.9. The summed E-state index contributed by atoms with van der Waals surface area (Å²) < 4.78 is 5.52. The molecule has 1 saturated heterocycles. The van der Waals surface area contributed by atoms with Crippen molar-refractivity contribution < 1.29 is 9.21 Å². The van der Waals surface area contributed by atoms with Gasteiger partial charge in [-0.3, -0.25) is 0 Å². The zero-order valence-electron chi connectivity index (χ0n) is 15.1. The molecule has 0 radical (unpaired) electrons. The summed E-state index contributed by atoms with van der Waals surface area (Å²) in [5, 5.41) is 3.35. The Kier molecular flexibility index (Phi) is 5.42. The van der Waals surface area contributed by atoms with Crippen molar-refractivity contribution in [2.75, 3.05) is 24.2 Å². The summed E-state index contributed by atoms with van der Waals surface area (Å²) in [6.45, 7) is 8.05. The van der Waals surface area contributed by atoms with Crippen molar-refractivity contribution >= 4 is 23.5 Å². The molecule has 5 heteroatoms. The van der Waals surface area contributed by atoms with E-state index in [1.54, 1.807) is 6.26 Å². The predicted octanol–water partition coefficient (Wildman–Crippen LogP) is 5.29. The molecule has 2 heterocycles. The van der Waals surface area contributed by atoms with Crippen molar-refractivity contribution in [2.24, 2.45) is 0 Å². The van der Waals surface area contributed by atoms with Gasteiger partial charge in [0.2, 0.25) is 0 Å². The number of carbonyl (C=O) groups is 1. The van der Waals surface area contributed by atoms with E-state index in [1.807, 2.05) is 40.9 Å². The summed E-state index contributed by atoms with van der Waals surface area (Å²) in [5.41, 5.74) is 2.22. The molecule has 1 unspecified atom stereocenters. The van der Waals surface area contributed by atoms with Gasteiger partial charge in [0.1, 0.15) is 5.76 Å². The number of furan rings is 1. The first-order chi connectivity index (χ1) is 11.9. The lowest BCUT2D eigenvalue weighted by atomic mass is 9.87. The highest BCUT2D eigenvalue weighted by atomic mass is 32.2. The fourth-order valence-electron chi connectivity index (χ4n) is 2.93. The number of urea groups is 1. The minimum atomic E-state index is -0.0239. The van der Waals surface area contributed by atoms with Crippen LogP contribution in [-0.2, 0) is 5.41 Å². The molecule has 0 saturated carbocycles. The molecule has 2 aromatic rings. The second-order valence-electron chi connectivity index (χ2n) is 7.41. The SMILES string of the molecule is CC(C)(C)c1ccc(NC(=O)N2CCSC(c3ccco3)CC2)cc1. The number of amides is 2. The Morgan fingerprint density at radius 1 is 1.20 bits per heavy atom. The third-order valence-corrected chi connectivity index (χ3v) is 5.78. The quantitative estimate of drug-likeness (QED) is 0.793. The van der Waals surface area contributed by atoms with Crippen LogP contribution < -0.4 is 5.32 Å². The van der Waals surface area contributed by atoms with Crippen LogP contribution in [0, 0.1) is 0 Å². The first kappa shape index (κ1) is 17.9. The van der Waals surface area contributed by atoms with E-state index >= 15 is 0 Å². The van der Waals surface area contributed by atoms with Crippen LogP contribution in [0.25, 0.3) is 0 Å². The number of anilines is 1. The molecule has 0 spiro atoms. The normalized spacial score (nSPS) is 18.7. The molecule has 4 nitrogen and oxygen atoms in total. The van der Waals surface area contributed by atoms with Crippen molar-refractivity contribution in [2.45, 2.75) is 37.9 Å². The van der Waals surface area contributed by atoms with E-state index in [9.17, 15) is 4.79 Å². The molecule has 1 aliphatic rings. The van der Waals surface area contributed by atoms with Crippen molar-refractivity contribution in [3.63, 3.8) is 0 Å². The maximum absolute atomic E-state index is 12.6. The van der Waals surface area contributed by atoms with Gasteiger partial charge in [0.25, 0.3) is 0 Å². The number of nitrogens with zero attached hydrogens (tertiary/aromatic N) is 1. The van der Waals surface area contributed by atoms with E-state index in [0.29, 0.717) is 5.25 Å². The molecule has 0 bridgehead atoms. The van der Waals surface area contributed by atoms with Gasteiger partial charge in [-0.25, -0.2) is 4.79 Å². The van der Waals surface area contributed by atoms with E-state index < -0.39 is 0 Å². The van der Waals surface area contributed by atoms with Gasteiger partial charge in [0.15, 0.2) is 0 Å². The zero-order valence-corrected chi connectivity index (χ0v) is 15.9. The molecular weight excluding hydrogens is 332 g/mol. The molecule has 134 valence electrons. The van der Waals surface area contributed by atoms with Gasteiger partial charge in [0, 0.05) is 24.5 Å². The predicted molar refractivity (Wildman–Crippen MR) is 104 cm³/mol. The van der Waals surface area contributed by atoms with Crippen LogP contribution in [0.2, 0.25) is 0 Å². The molecule has 1 atom stereocenters. The summed E-state index contributed by atoms with van der Waals surface area (Å²) in [6, 6.07) is 12.1. The molecule has 2 amide bonds. The molecule has 1 aliphatic heterocycles. The molecule has 3 rings (SSSR count). The van der Waals surface area contributed by atoms with Gasteiger partial charge in [-0.2, -0.15) is 0 Å². The van der Waals surface area contributed by atoms with Gasteiger partial charge in [-0.15, -0.1) is 11.8 Å². The number of benzene rings is 1. The molecule has 1 N–H and O–H groups in total. The Balaban J connectivity index is 1.58. The van der Waals surface area contributed by atoms with Crippen LogP contribution in [0.5, 0.6) is 0 Å². The lowest BCUT2D eigenvalue weighted by molar-refractivity contribution is 0.214.